The highest BCUT2D eigenvalue weighted by Gasteiger charge is 2.20. The highest BCUT2D eigenvalue weighted by atomic mass is 16.6. The molecule has 1 rings (SSSR count). The molecule has 0 bridgehead atoms. The number of nitrogens with zero attached hydrogens (tertiary/aromatic N) is 1. The van der Waals surface area contributed by atoms with Gasteiger partial charge in [-0.15, -0.1) is 0 Å². The molecule has 0 unspecified atom stereocenters. The highest BCUT2D eigenvalue weighted by Crippen LogP contribution is 2.13. The number of amides is 1. The summed E-state index contributed by atoms with van der Waals surface area (Å²) in [5, 5.41) is 2.77. The first kappa shape index (κ1) is 50.6. The molecule has 1 aliphatic heterocycles. The van der Waals surface area contributed by atoms with Crippen molar-refractivity contribution in [1.29, 1.82) is 0 Å². The SMILES string of the molecule is CCCCCCCC/C=C\CCCCCCCC(=O)OCC(COC(=O)CCCCCCC/C=C\CCCCCCCC)OC(=O)NCCN1CCOCC1. The predicted molar refractivity (Wildman–Crippen MR) is 226 cm³/mol. The zero-order valence-electron chi connectivity index (χ0n) is 35.6. The van der Waals surface area contributed by atoms with Crippen LogP contribution in [0.4, 0.5) is 4.79 Å². The molecule has 1 N–H and O–H groups in total. The van der Waals surface area contributed by atoms with Crippen molar-refractivity contribution < 1.29 is 33.3 Å². The van der Waals surface area contributed by atoms with Gasteiger partial charge in [-0.25, -0.2) is 4.79 Å². The Kier molecular flexibility index (Phi) is 36.7. The molecule has 1 heterocycles. The molecule has 0 atom stereocenters. The van der Waals surface area contributed by atoms with Crippen molar-refractivity contribution in [2.24, 2.45) is 0 Å². The topological polar surface area (TPSA) is 103 Å². The number of unbranched alkanes of at least 4 members (excludes halogenated alkanes) is 22. The van der Waals surface area contributed by atoms with Gasteiger partial charge in [-0.05, 0) is 64.2 Å². The number of nitrogens with one attached hydrogen (secondary N) is 1. The van der Waals surface area contributed by atoms with E-state index in [0.29, 0.717) is 39.1 Å². The minimum atomic E-state index is -0.862. The maximum absolute atomic E-state index is 12.6. The van der Waals surface area contributed by atoms with Crippen LogP contribution in [0, 0.1) is 0 Å². The van der Waals surface area contributed by atoms with Crippen LogP contribution in [0.1, 0.15) is 194 Å². The van der Waals surface area contributed by atoms with E-state index in [0.717, 1.165) is 77.3 Å². The van der Waals surface area contributed by atoms with Crippen molar-refractivity contribution in [3.8, 4) is 0 Å². The third-order valence-corrected chi connectivity index (χ3v) is 10.2. The van der Waals surface area contributed by atoms with Gasteiger partial charge in [0, 0.05) is 39.0 Å². The van der Waals surface area contributed by atoms with Crippen molar-refractivity contribution in [2.75, 3.05) is 52.6 Å². The molecule has 0 aromatic heterocycles. The molecular weight excluding hydrogens is 693 g/mol. The van der Waals surface area contributed by atoms with Gasteiger partial charge < -0.3 is 24.3 Å². The Labute approximate surface area is 337 Å². The van der Waals surface area contributed by atoms with Crippen LogP contribution in [0.15, 0.2) is 24.3 Å². The van der Waals surface area contributed by atoms with Crippen LogP contribution in [0.2, 0.25) is 0 Å². The number of morpholine rings is 1. The molecule has 9 nitrogen and oxygen atoms in total. The third kappa shape index (κ3) is 35.7. The molecule has 1 saturated heterocycles. The van der Waals surface area contributed by atoms with Gasteiger partial charge in [-0.3, -0.25) is 14.5 Å². The molecule has 0 aromatic carbocycles. The summed E-state index contributed by atoms with van der Waals surface area (Å²) in [5.74, 6) is -0.642. The van der Waals surface area contributed by atoms with Gasteiger partial charge >= 0.3 is 18.0 Å². The molecule has 1 amide bonds. The van der Waals surface area contributed by atoms with Gasteiger partial charge in [-0.1, -0.05) is 141 Å². The van der Waals surface area contributed by atoms with Crippen molar-refractivity contribution in [3.63, 3.8) is 0 Å². The molecule has 0 spiro atoms. The van der Waals surface area contributed by atoms with E-state index < -0.39 is 12.2 Å². The molecule has 1 fully saturated rings. The lowest BCUT2D eigenvalue weighted by atomic mass is 10.1. The molecule has 9 heteroatoms. The lowest BCUT2D eigenvalue weighted by Crippen LogP contribution is -2.42. The van der Waals surface area contributed by atoms with E-state index in [1.807, 2.05) is 0 Å². The number of carbonyl (C=O) groups excluding carboxylic acids is 3. The first-order chi connectivity index (χ1) is 27.0. The largest absolute Gasteiger partial charge is 0.462 e. The molecule has 1 aliphatic rings. The van der Waals surface area contributed by atoms with Gasteiger partial charge in [0.1, 0.15) is 13.2 Å². The van der Waals surface area contributed by atoms with Crippen LogP contribution in [-0.4, -0.2) is 81.6 Å². The minimum Gasteiger partial charge on any atom is -0.462 e. The summed E-state index contributed by atoms with van der Waals surface area (Å²) in [7, 11) is 0. The van der Waals surface area contributed by atoms with E-state index in [2.05, 4.69) is 48.4 Å². The fourth-order valence-corrected chi connectivity index (χ4v) is 6.65. The Hall–Kier alpha value is -2.39. The number of carbonyl (C=O) groups is 3. The van der Waals surface area contributed by atoms with Gasteiger partial charge in [0.05, 0.1) is 13.2 Å². The number of hydrogen-bond acceptors (Lipinski definition) is 8. The average molecular weight is 777 g/mol. The van der Waals surface area contributed by atoms with E-state index in [-0.39, 0.29) is 25.2 Å². The van der Waals surface area contributed by atoms with Gasteiger partial charge in [-0.2, -0.15) is 0 Å². The number of rotatable bonds is 38. The van der Waals surface area contributed by atoms with E-state index >= 15 is 0 Å². The normalized spacial score (nSPS) is 13.6. The number of allylic oxidation sites excluding steroid dienone is 4. The van der Waals surface area contributed by atoms with E-state index in [4.69, 9.17) is 18.9 Å². The lowest BCUT2D eigenvalue weighted by molar-refractivity contribution is -0.152. The van der Waals surface area contributed by atoms with Crippen LogP contribution >= 0.6 is 0 Å². The maximum Gasteiger partial charge on any atom is 0.407 e. The summed E-state index contributed by atoms with van der Waals surface area (Å²) in [6.45, 7) is 8.41. The monoisotopic (exact) mass is 777 g/mol. The fourth-order valence-electron chi connectivity index (χ4n) is 6.65. The number of esters is 2. The second kappa shape index (κ2) is 39.8. The molecule has 55 heavy (non-hydrogen) atoms. The zero-order valence-corrected chi connectivity index (χ0v) is 35.6. The van der Waals surface area contributed by atoms with Crippen LogP contribution in [-0.2, 0) is 28.5 Å². The third-order valence-electron chi connectivity index (χ3n) is 10.2. The zero-order chi connectivity index (χ0) is 39.7. The van der Waals surface area contributed by atoms with Gasteiger partial charge in [0.15, 0.2) is 6.10 Å². The molecule has 0 aromatic rings. The average Bonchev–Trinajstić information content (AvgIpc) is 3.19. The molecule has 0 radical (unpaired) electrons. The quantitative estimate of drug-likeness (QED) is 0.0286. The number of hydrogen-bond donors (Lipinski definition) is 1. The first-order valence-corrected chi connectivity index (χ1v) is 22.9. The standard InChI is InChI=1S/C46H84N2O7/c1-3-5-7-9-11-13-15-17-19-21-23-25-27-29-31-33-44(49)53-41-43(55-46(51)47-35-36-48-37-39-52-40-38-48)42-54-45(50)34-32-30-28-26-24-22-20-18-16-14-12-10-8-6-4-2/h17-20,43H,3-16,21-42H2,1-2H3,(H,47,51)/b19-17-,20-18-. The summed E-state index contributed by atoms with van der Waals surface area (Å²) in [5.41, 5.74) is 0. The van der Waals surface area contributed by atoms with E-state index in [1.165, 1.54) is 103 Å². The van der Waals surface area contributed by atoms with E-state index in [1.54, 1.807) is 0 Å². The second-order valence-corrected chi connectivity index (χ2v) is 15.4. The summed E-state index contributed by atoms with van der Waals surface area (Å²) in [6.07, 6.45) is 39.6. The summed E-state index contributed by atoms with van der Waals surface area (Å²) < 4.78 is 21.9. The van der Waals surface area contributed by atoms with Crippen LogP contribution in [0.25, 0.3) is 0 Å². The Balaban J connectivity index is 2.23. The van der Waals surface area contributed by atoms with Crippen molar-refractivity contribution in [2.45, 2.75) is 200 Å². The summed E-state index contributed by atoms with van der Waals surface area (Å²) >= 11 is 0. The Morgan fingerprint density at radius 3 is 1.36 bits per heavy atom. The Bertz CT molecular complexity index is 895. The number of alkyl carbamates (subject to hydrolysis) is 1. The van der Waals surface area contributed by atoms with Crippen molar-refractivity contribution in [3.05, 3.63) is 24.3 Å². The van der Waals surface area contributed by atoms with Crippen molar-refractivity contribution in [1.82, 2.24) is 10.2 Å². The summed E-state index contributed by atoms with van der Waals surface area (Å²) in [6, 6.07) is 0. The highest BCUT2D eigenvalue weighted by molar-refractivity contribution is 5.70. The van der Waals surface area contributed by atoms with Gasteiger partial charge in [0.2, 0.25) is 0 Å². The van der Waals surface area contributed by atoms with E-state index in [9.17, 15) is 14.4 Å². The number of ether oxygens (including phenoxy) is 4. The van der Waals surface area contributed by atoms with Crippen molar-refractivity contribution >= 4 is 18.0 Å². The fraction of sp³-hybridized carbons (Fsp3) is 0.848. The maximum atomic E-state index is 12.6. The molecule has 320 valence electrons. The van der Waals surface area contributed by atoms with Crippen LogP contribution in [0.3, 0.4) is 0 Å². The van der Waals surface area contributed by atoms with Gasteiger partial charge in [0.25, 0.3) is 0 Å². The van der Waals surface area contributed by atoms with Crippen LogP contribution < -0.4 is 5.32 Å². The molecule has 0 saturated carbocycles. The predicted octanol–water partition coefficient (Wildman–Crippen LogP) is 11.6. The first-order valence-electron chi connectivity index (χ1n) is 22.9. The Morgan fingerprint density at radius 1 is 0.564 bits per heavy atom. The molecule has 0 aliphatic carbocycles. The minimum absolute atomic E-state index is 0.137. The smallest absolute Gasteiger partial charge is 0.407 e. The Morgan fingerprint density at radius 2 is 0.945 bits per heavy atom. The molecular formula is C46H84N2O7. The van der Waals surface area contributed by atoms with Crippen LogP contribution in [0.5, 0.6) is 0 Å². The lowest BCUT2D eigenvalue weighted by Gasteiger charge is -2.26. The second-order valence-electron chi connectivity index (χ2n) is 15.4. The summed E-state index contributed by atoms with van der Waals surface area (Å²) in [4.78, 5) is 39.8.